The van der Waals surface area contributed by atoms with Crippen molar-refractivity contribution in [1.82, 2.24) is 4.90 Å². The van der Waals surface area contributed by atoms with E-state index in [-0.39, 0.29) is 24.3 Å². The first-order valence-corrected chi connectivity index (χ1v) is 9.76. The van der Waals surface area contributed by atoms with Crippen molar-refractivity contribution >= 4 is 24.6 Å². The average Bonchev–Trinajstić information content (AvgIpc) is 2.68. The highest BCUT2D eigenvalue weighted by Gasteiger charge is 2.16. The SMILES string of the molecule is Cl.OC1CCCN(CCCCOc2ccccc2/C=C/c2ccc(F)cc2)C1. The van der Waals surface area contributed by atoms with E-state index in [0.29, 0.717) is 6.61 Å². The number of halogens is 2. The van der Waals surface area contributed by atoms with Gasteiger partial charge in [0.15, 0.2) is 0 Å². The molecule has 3 rings (SSSR count). The van der Waals surface area contributed by atoms with Crippen LogP contribution in [0.5, 0.6) is 5.75 Å². The van der Waals surface area contributed by atoms with Crippen LogP contribution in [0.1, 0.15) is 36.8 Å². The molecule has 2 aromatic rings. The van der Waals surface area contributed by atoms with Crippen molar-refractivity contribution in [3.8, 4) is 5.75 Å². The van der Waals surface area contributed by atoms with Crippen LogP contribution in [0.15, 0.2) is 48.5 Å². The largest absolute Gasteiger partial charge is 0.493 e. The van der Waals surface area contributed by atoms with Gasteiger partial charge in [-0.05, 0) is 62.5 Å². The summed E-state index contributed by atoms with van der Waals surface area (Å²) in [6, 6.07) is 14.4. The van der Waals surface area contributed by atoms with Gasteiger partial charge in [0, 0.05) is 12.1 Å². The van der Waals surface area contributed by atoms with Gasteiger partial charge in [-0.15, -0.1) is 12.4 Å². The van der Waals surface area contributed by atoms with Crippen LogP contribution in [-0.4, -0.2) is 42.4 Å². The summed E-state index contributed by atoms with van der Waals surface area (Å²) in [5.41, 5.74) is 1.97. The molecule has 0 radical (unpaired) electrons. The van der Waals surface area contributed by atoms with Crippen LogP contribution in [0.25, 0.3) is 12.2 Å². The van der Waals surface area contributed by atoms with Gasteiger partial charge in [0.25, 0.3) is 0 Å². The molecule has 152 valence electrons. The Balaban J connectivity index is 0.00000280. The number of nitrogens with zero attached hydrogens (tertiary/aromatic N) is 1. The van der Waals surface area contributed by atoms with Crippen LogP contribution in [0.2, 0.25) is 0 Å². The monoisotopic (exact) mass is 405 g/mol. The molecule has 1 heterocycles. The minimum absolute atomic E-state index is 0. The van der Waals surface area contributed by atoms with Crippen molar-refractivity contribution in [3.05, 3.63) is 65.5 Å². The summed E-state index contributed by atoms with van der Waals surface area (Å²) >= 11 is 0. The Bertz CT molecular complexity index is 736. The third kappa shape index (κ3) is 7.27. The second kappa shape index (κ2) is 11.8. The minimum atomic E-state index is -0.227. The predicted octanol–water partition coefficient (Wildman–Crippen LogP) is 5.03. The fraction of sp³-hybridized carbons (Fsp3) is 0.391. The van der Waals surface area contributed by atoms with E-state index < -0.39 is 0 Å². The number of aliphatic hydroxyl groups is 1. The fourth-order valence-corrected chi connectivity index (χ4v) is 3.36. The molecule has 0 amide bonds. The molecule has 1 aliphatic heterocycles. The average molecular weight is 406 g/mol. The van der Waals surface area contributed by atoms with Crippen LogP contribution in [0.4, 0.5) is 4.39 Å². The van der Waals surface area contributed by atoms with E-state index in [0.717, 1.165) is 62.2 Å². The minimum Gasteiger partial charge on any atom is -0.493 e. The molecule has 1 fully saturated rings. The van der Waals surface area contributed by atoms with Gasteiger partial charge in [-0.1, -0.05) is 42.5 Å². The molecule has 0 saturated carbocycles. The first kappa shape index (κ1) is 22.4. The molecule has 0 spiro atoms. The van der Waals surface area contributed by atoms with E-state index in [2.05, 4.69) is 4.90 Å². The number of hydrogen-bond acceptors (Lipinski definition) is 3. The second-order valence-corrected chi connectivity index (χ2v) is 7.07. The summed E-state index contributed by atoms with van der Waals surface area (Å²) in [6.45, 7) is 3.59. The summed E-state index contributed by atoms with van der Waals surface area (Å²) in [5.74, 6) is 0.638. The van der Waals surface area contributed by atoms with Crippen LogP contribution >= 0.6 is 12.4 Å². The van der Waals surface area contributed by atoms with Gasteiger partial charge in [0.1, 0.15) is 11.6 Å². The van der Waals surface area contributed by atoms with Gasteiger partial charge in [0.05, 0.1) is 12.7 Å². The maximum atomic E-state index is 13.0. The van der Waals surface area contributed by atoms with Crippen LogP contribution < -0.4 is 4.74 Å². The summed E-state index contributed by atoms with van der Waals surface area (Å²) < 4.78 is 19.0. The van der Waals surface area contributed by atoms with Crippen molar-refractivity contribution < 1.29 is 14.2 Å². The number of rotatable bonds is 8. The number of para-hydroxylation sites is 1. The van der Waals surface area contributed by atoms with Crippen LogP contribution in [-0.2, 0) is 0 Å². The number of unbranched alkanes of at least 4 members (excludes halogenated alkanes) is 1. The Morgan fingerprint density at radius 2 is 1.86 bits per heavy atom. The van der Waals surface area contributed by atoms with E-state index in [9.17, 15) is 9.50 Å². The normalized spacial score (nSPS) is 17.4. The van der Waals surface area contributed by atoms with Crippen molar-refractivity contribution in [2.24, 2.45) is 0 Å². The molecule has 3 nitrogen and oxygen atoms in total. The lowest BCUT2D eigenvalue weighted by Gasteiger charge is -2.29. The number of β-amino-alcohol motifs (C(OH)–C–C–N with tert-alkyl or cyclic N) is 1. The van der Waals surface area contributed by atoms with Gasteiger partial charge in [-0.25, -0.2) is 4.39 Å². The van der Waals surface area contributed by atoms with Crippen LogP contribution in [0, 0.1) is 5.82 Å². The lowest BCUT2D eigenvalue weighted by Crippen LogP contribution is -2.38. The predicted molar refractivity (Wildman–Crippen MR) is 115 cm³/mol. The molecule has 1 saturated heterocycles. The number of ether oxygens (including phenoxy) is 1. The zero-order valence-corrected chi connectivity index (χ0v) is 16.9. The molecule has 0 aromatic heterocycles. The summed E-state index contributed by atoms with van der Waals surface area (Å²) in [7, 11) is 0. The number of aliphatic hydroxyl groups excluding tert-OH is 1. The second-order valence-electron chi connectivity index (χ2n) is 7.07. The zero-order valence-electron chi connectivity index (χ0n) is 16.1. The van der Waals surface area contributed by atoms with E-state index in [1.165, 1.54) is 12.1 Å². The molecular formula is C23H29ClFNO2. The van der Waals surface area contributed by atoms with E-state index in [4.69, 9.17) is 4.74 Å². The Morgan fingerprint density at radius 3 is 2.64 bits per heavy atom. The fourth-order valence-electron chi connectivity index (χ4n) is 3.36. The Kier molecular flexibility index (Phi) is 9.48. The third-order valence-electron chi connectivity index (χ3n) is 4.85. The molecular weight excluding hydrogens is 377 g/mol. The third-order valence-corrected chi connectivity index (χ3v) is 4.85. The molecule has 1 atom stereocenters. The molecule has 1 unspecified atom stereocenters. The van der Waals surface area contributed by atoms with E-state index >= 15 is 0 Å². The van der Waals surface area contributed by atoms with Gasteiger partial charge in [-0.2, -0.15) is 0 Å². The molecule has 28 heavy (non-hydrogen) atoms. The van der Waals surface area contributed by atoms with E-state index in [1.807, 2.05) is 36.4 Å². The number of hydrogen-bond donors (Lipinski definition) is 1. The first-order valence-electron chi connectivity index (χ1n) is 9.76. The van der Waals surface area contributed by atoms with E-state index in [1.54, 1.807) is 12.1 Å². The maximum Gasteiger partial charge on any atom is 0.126 e. The molecule has 0 bridgehead atoms. The summed E-state index contributed by atoms with van der Waals surface area (Å²) in [5, 5.41) is 9.72. The standard InChI is InChI=1S/C23H28FNO2.ClH/c24-21-13-10-19(11-14-21)9-12-20-6-1-2-8-23(20)27-17-4-3-15-25-16-5-7-22(26)18-25;/h1-2,6,8-14,22,26H,3-5,7,15-18H2;1H/b12-9+;. The molecule has 0 aliphatic carbocycles. The summed E-state index contributed by atoms with van der Waals surface area (Å²) in [4.78, 5) is 2.34. The van der Waals surface area contributed by atoms with Gasteiger partial charge in [-0.3, -0.25) is 0 Å². The highest BCUT2D eigenvalue weighted by molar-refractivity contribution is 5.85. The molecule has 1 aliphatic rings. The quantitative estimate of drug-likeness (QED) is 0.493. The van der Waals surface area contributed by atoms with Crippen molar-refractivity contribution in [3.63, 3.8) is 0 Å². The highest BCUT2D eigenvalue weighted by Crippen LogP contribution is 2.21. The topological polar surface area (TPSA) is 32.7 Å². The number of piperidine rings is 1. The zero-order chi connectivity index (χ0) is 18.9. The lowest BCUT2D eigenvalue weighted by atomic mass is 10.1. The van der Waals surface area contributed by atoms with Gasteiger partial charge >= 0.3 is 0 Å². The van der Waals surface area contributed by atoms with Crippen molar-refractivity contribution in [2.45, 2.75) is 31.8 Å². The smallest absolute Gasteiger partial charge is 0.126 e. The molecule has 2 aromatic carbocycles. The molecule has 5 heteroatoms. The van der Waals surface area contributed by atoms with Crippen molar-refractivity contribution in [1.29, 1.82) is 0 Å². The summed E-state index contributed by atoms with van der Waals surface area (Å²) in [6.07, 6.45) is 7.88. The number of likely N-dealkylation sites (tertiary alicyclic amines) is 1. The first-order chi connectivity index (χ1) is 13.2. The maximum absolute atomic E-state index is 13.0. The Labute approximate surface area is 173 Å². The van der Waals surface area contributed by atoms with Crippen LogP contribution in [0.3, 0.4) is 0 Å². The molecule has 1 N–H and O–H groups in total. The van der Waals surface area contributed by atoms with Gasteiger partial charge in [0.2, 0.25) is 0 Å². The highest BCUT2D eigenvalue weighted by atomic mass is 35.5. The Hall–Kier alpha value is -1.88. The van der Waals surface area contributed by atoms with Crippen molar-refractivity contribution in [2.75, 3.05) is 26.2 Å². The van der Waals surface area contributed by atoms with Gasteiger partial charge < -0.3 is 14.7 Å². The lowest BCUT2D eigenvalue weighted by molar-refractivity contribution is 0.0693. The Morgan fingerprint density at radius 1 is 1.07 bits per heavy atom. The number of benzene rings is 2.